The van der Waals surface area contributed by atoms with E-state index in [1.165, 1.54) is 0 Å². The van der Waals surface area contributed by atoms with Crippen molar-refractivity contribution in [2.45, 2.75) is 59.9 Å². The summed E-state index contributed by atoms with van der Waals surface area (Å²) in [5.41, 5.74) is 3.70. The van der Waals surface area contributed by atoms with Gasteiger partial charge in [0.05, 0.1) is 0 Å². The maximum absolute atomic E-state index is 5.58. The second kappa shape index (κ2) is 7.43. The molecule has 5 nitrogen and oxygen atoms in total. The SMILES string of the molecule is CCCc1nc(NN)c(C)c(N(C)C(C)CC(C)C)n1. The summed E-state index contributed by atoms with van der Waals surface area (Å²) in [6.45, 7) is 10.9. The van der Waals surface area contributed by atoms with Gasteiger partial charge < -0.3 is 10.3 Å². The summed E-state index contributed by atoms with van der Waals surface area (Å²) in [6.07, 6.45) is 3.03. The number of nitrogens with two attached hydrogens (primary N) is 1. The first kappa shape index (κ1) is 16.7. The molecule has 1 heterocycles. The van der Waals surface area contributed by atoms with Gasteiger partial charge in [-0.2, -0.15) is 0 Å². The van der Waals surface area contributed by atoms with Gasteiger partial charge in [-0.05, 0) is 32.6 Å². The standard InChI is InChI=1S/C15H29N5/c1-7-8-13-17-14(19-16)12(5)15(18-13)20(6)11(4)9-10(2)3/h10-11H,7-9,16H2,1-6H3,(H,17,18,19). The highest BCUT2D eigenvalue weighted by Gasteiger charge is 2.18. The molecule has 0 bridgehead atoms. The fourth-order valence-electron chi connectivity index (χ4n) is 2.42. The number of hydrogen-bond acceptors (Lipinski definition) is 5. The van der Waals surface area contributed by atoms with E-state index in [9.17, 15) is 0 Å². The molecular formula is C15H29N5. The Balaban J connectivity index is 3.11. The average Bonchev–Trinajstić information content (AvgIpc) is 2.39. The van der Waals surface area contributed by atoms with Crippen LogP contribution in [0.15, 0.2) is 0 Å². The maximum atomic E-state index is 5.58. The lowest BCUT2D eigenvalue weighted by molar-refractivity contribution is 0.501. The fourth-order valence-corrected chi connectivity index (χ4v) is 2.42. The molecule has 20 heavy (non-hydrogen) atoms. The van der Waals surface area contributed by atoms with Gasteiger partial charge in [0, 0.05) is 25.1 Å². The molecule has 3 N–H and O–H groups in total. The lowest BCUT2D eigenvalue weighted by Gasteiger charge is -2.29. The molecule has 0 spiro atoms. The number of nitrogen functional groups attached to an aromatic ring is 1. The van der Waals surface area contributed by atoms with Crippen molar-refractivity contribution in [2.75, 3.05) is 17.4 Å². The summed E-state index contributed by atoms with van der Waals surface area (Å²) in [6, 6.07) is 0.434. The third-order valence-corrected chi connectivity index (χ3v) is 3.58. The van der Waals surface area contributed by atoms with E-state index < -0.39 is 0 Å². The number of nitrogens with one attached hydrogen (secondary N) is 1. The molecule has 1 aromatic rings. The second-order valence-electron chi connectivity index (χ2n) is 5.92. The van der Waals surface area contributed by atoms with E-state index in [2.05, 4.69) is 50.1 Å². The maximum Gasteiger partial charge on any atom is 0.148 e. The van der Waals surface area contributed by atoms with Crippen LogP contribution in [0.5, 0.6) is 0 Å². The van der Waals surface area contributed by atoms with Gasteiger partial charge in [0.25, 0.3) is 0 Å². The van der Waals surface area contributed by atoms with Crippen LogP contribution in [0.1, 0.15) is 51.9 Å². The minimum Gasteiger partial charge on any atom is -0.357 e. The zero-order valence-electron chi connectivity index (χ0n) is 13.7. The normalized spacial score (nSPS) is 12.6. The van der Waals surface area contributed by atoms with Crippen molar-refractivity contribution in [3.63, 3.8) is 0 Å². The van der Waals surface area contributed by atoms with E-state index in [0.29, 0.717) is 12.0 Å². The summed E-state index contributed by atoms with van der Waals surface area (Å²) in [5.74, 6) is 8.80. The van der Waals surface area contributed by atoms with Crippen molar-refractivity contribution >= 4 is 11.6 Å². The van der Waals surface area contributed by atoms with E-state index in [1.807, 2.05) is 6.92 Å². The minimum atomic E-state index is 0.434. The molecule has 1 unspecified atom stereocenters. The molecule has 5 heteroatoms. The highest BCUT2D eigenvalue weighted by atomic mass is 15.3. The first-order valence-corrected chi connectivity index (χ1v) is 7.47. The van der Waals surface area contributed by atoms with Gasteiger partial charge in [0.1, 0.15) is 17.5 Å². The van der Waals surface area contributed by atoms with E-state index >= 15 is 0 Å². The molecule has 1 rings (SSSR count). The second-order valence-corrected chi connectivity index (χ2v) is 5.92. The Labute approximate surface area is 123 Å². The van der Waals surface area contributed by atoms with Crippen LogP contribution in [-0.4, -0.2) is 23.1 Å². The van der Waals surface area contributed by atoms with Gasteiger partial charge >= 0.3 is 0 Å². The average molecular weight is 279 g/mol. The van der Waals surface area contributed by atoms with Gasteiger partial charge in [-0.25, -0.2) is 15.8 Å². The van der Waals surface area contributed by atoms with Crippen molar-refractivity contribution in [1.82, 2.24) is 9.97 Å². The molecule has 0 radical (unpaired) electrons. The van der Waals surface area contributed by atoms with E-state index in [-0.39, 0.29) is 0 Å². The van der Waals surface area contributed by atoms with Crippen LogP contribution >= 0.6 is 0 Å². The number of anilines is 2. The van der Waals surface area contributed by atoms with Crippen LogP contribution in [0.25, 0.3) is 0 Å². The van der Waals surface area contributed by atoms with Crippen molar-refractivity contribution < 1.29 is 0 Å². The molecule has 0 aliphatic heterocycles. The molecule has 0 fully saturated rings. The Bertz CT molecular complexity index is 431. The Morgan fingerprint density at radius 2 is 1.90 bits per heavy atom. The molecule has 0 aliphatic rings. The quantitative estimate of drug-likeness (QED) is 0.593. The molecule has 1 aromatic heterocycles. The summed E-state index contributed by atoms with van der Waals surface area (Å²) in [5, 5.41) is 0. The van der Waals surface area contributed by atoms with Gasteiger partial charge in [0.2, 0.25) is 0 Å². The predicted octanol–water partition coefficient (Wildman–Crippen LogP) is 2.89. The minimum absolute atomic E-state index is 0.434. The smallest absolute Gasteiger partial charge is 0.148 e. The molecule has 0 saturated carbocycles. The summed E-state index contributed by atoms with van der Waals surface area (Å²) in [4.78, 5) is 11.4. The van der Waals surface area contributed by atoms with Gasteiger partial charge in [-0.15, -0.1) is 0 Å². The monoisotopic (exact) mass is 279 g/mol. The van der Waals surface area contributed by atoms with Crippen LogP contribution in [0, 0.1) is 12.8 Å². The highest BCUT2D eigenvalue weighted by Crippen LogP contribution is 2.25. The predicted molar refractivity (Wildman–Crippen MR) is 85.9 cm³/mol. The van der Waals surface area contributed by atoms with E-state index in [4.69, 9.17) is 10.8 Å². The van der Waals surface area contributed by atoms with Gasteiger partial charge in [-0.3, -0.25) is 0 Å². The largest absolute Gasteiger partial charge is 0.357 e. The third-order valence-electron chi connectivity index (χ3n) is 3.58. The van der Waals surface area contributed by atoms with Crippen LogP contribution < -0.4 is 16.2 Å². The zero-order valence-corrected chi connectivity index (χ0v) is 13.7. The van der Waals surface area contributed by atoms with Gasteiger partial charge in [0.15, 0.2) is 0 Å². The number of aromatic nitrogens is 2. The number of hydrogen-bond donors (Lipinski definition) is 2. The van der Waals surface area contributed by atoms with Crippen molar-refractivity contribution in [2.24, 2.45) is 11.8 Å². The molecule has 0 aliphatic carbocycles. The molecule has 0 aromatic carbocycles. The van der Waals surface area contributed by atoms with Crippen molar-refractivity contribution in [3.05, 3.63) is 11.4 Å². The number of aryl methyl sites for hydroxylation is 1. The Hall–Kier alpha value is -1.36. The van der Waals surface area contributed by atoms with Crippen molar-refractivity contribution in [1.29, 1.82) is 0 Å². The first-order valence-electron chi connectivity index (χ1n) is 7.47. The number of rotatable bonds is 7. The van der Waals surface area contributed by atoms with Crippen LogP contribution in [-0.2, 0) is 6.42 Å². The molecule has 0 amide bonds. The molecule has 114 valence electrons. The van der Waals surface area contributed by atoms with E-state index in [1.54, 1.807) is 0 Å². The van der Waals surface area contributed by atoms with Crippen LogP contribution in [0.2, 0.25) is 0 Å². The lowest BCUT2D eigenvalue weighted by Crippen LogP contribution is -2.32. The topological polar surface area (TPSA) is 67.1 Å². The first-order chi connectivity index (χ1) is 9.40. The highest BCUT2D eigenvalue weighted by molar-refractivity contribution is 5.58. The summed E-state index contributed by atoms with van der Waals surface area (Å²) >= 11 is 0. The Kier molecular flexibility index (Phi) is 6.20. The molecule has 1 atom stereocenters. The lowest BCUT2D eigenvalue weighted by atomic mass is 10.0. The zero-order chi connectivity index (χ0) is 15.3. The van der Waals surface area contributed by atoms with Gasteiger partial charge in [-0.1, -0.05) is 20.8 Å². The fraction of sp³-hybridized carbons (Fsp3) is 0.733. The molecular weight excluding hydrogens is 250 g/mol. The summed E-state index contributed by atoms with van der Waals surface area (Å²) < 4.78 is 0. The van der Waals surface area contributed by atoms with E-state index in [0.717, 1.165) is 42.3 Å². The van der Waals surface area contributed by atoms with Crippen LogP contribution in [0.4, 0.5) is 11.6 Å². The number of nitrogens with zero attached hydrogens (tertiary/aromatic N) is 3. The molecule has 0 saturated heterocycles. The Morgan fingerprint density at radius 1 is 1.25 bits per heavy atom. The Morgan fingerprint density at radius 3 is 2.40 bits per heavy atom. The summed E-state index contributed by atoms with van der Waals surface area (Å²) in [7, 11) is 2.10. The number of hydrazine groups is 1. The third kappa shape index (κ3) is 4.07. The van der Waals surface area contributed by atoms with Crippen LogP contribution in [0.3, 0.4) is 0 Å². The van der Waals surface area contributed by atoms with Crippen molar-refractivity contribution in [3.8, 4) is 0 Å².